The molecule has 0 aliphatic carbocycles. The largest absolute Gasteiger partial charge is 0.491 e. The first kappa shape index (κ1) is 14.9. The van der Waals surface area contributed by atoms with Gasteiger partial charge in [0.25, 0.3) is 0 Å². The molecule has 0 spiro atoms. The Bertz CT molecular complexity index is 481. The predicted molar refractivity (Wildman–Crippen MR) is 71.1 cm³/mol. The van der Waals surface area contributed by atoms with Crippen molar-refractivity contribution >= 4 is 12.2 Å². The second kappa shape index (κ2) is 7.34. The van der Waals surface area contributed by atoms with Gasteiger partial charge in [-0.3, -0.25) is 0 Å². The molecule has 102 valence electrons. The van der Waals surface area contributed by atoms with E-state index >= 15 is 0 Å². The van der Waals surface area contributed by atoms with Gasteiger partial charge in [0.15, 0.2) is 0 Å². The Kier molecular flexibility index (Phi) is 5.76. The second-order valence-corrected chi connectivity index (χ2v) is 4.47. The van der Waals surface area contributed by atoms with Crippen LogP contribution in [0.5, 0.6) is 5.75 Å². The van der Waals surface area contributed by atoms with E-state index in [9.17, 15) is 4.79 Å². The van der Waals surface area contributed by atoms with Crippen molar-refractivity contribution in [3.05, 3.63) is 35.4 Å². The van der Waals surface area contributed by atoms with E-state index in [1.165, 1.54) is 0 Å². The summed E-state index contributed by atoms with van der Waals surface area (Å²) >= 11 is 0. The lowest BCUT2D eigenvalue weighted by molar-refractivity contribution is -0.144. The first-order valence-electron chi connectivity index (χ1n) is 6.12. The Morgan fingerprint density at radius 3 is 2.79 bits per heavy atom. The highest BCUT2D eigenvalue weighted by Crippen LogP contribution is 2.16. The summed E-state index contributed by atoms with van der Waals surface area (Å²) in [6.07, 6.45) is 0.877. The molecular formula is C14H18N2O3. The number of carbonyl (C=O) groups is 1. The van der Waals surface area contributed by atoms with Crippen molar-refractivity contribution in [1.29, 1.82) is 0 Å². The van der Waals surface area contributed by atoms with E-state index in [4.69, 9.17) is 15.0 Å². The maximum absolute atomic E-state index is 11.1. The van der Waals surface area contributed by atoms with Gasteiger partial charge in [0.1, 0.15) is 11.9 Å². The molecule has 0 saturated carbocycles. The fourth-order valence-electron chi connectivity index (χ4n) is 1.76. The Morgan fingerprint density at radius 1 is 1.42 bits per heavy atom. The van der Waals surface area contributed by atoms with E-state index in [1.54, 1.807) is 6.92 Å². The first-order chi connectivity index (χ1) is 9.01. The molecule has 19 heavy (non-hydrogen) atoms. The van der Waals surface area contributed by atoms with Crippen LogP contribution >= 0.6 is 0 Å². The van der Waals surface area contributed by atoms with E-state index in [2.05, 4.69) is 4.79 Å². The summed E-state index contributed by atoms with van der Waals surface area (Å²) in [7, 11) is 0. The van der Waals surface area contributed by atoms with Crippen molar-refractivity contribution in [2.45, 2.75) is 39.4 Å². The summed E-state index contributed by atoms with van der Waals surface area (Å²) in [5.74, 6) is 0.126. The smallest absolute Gasteiger partial charge is 0.413 e. The minimum absolute atomic E-state index is 0.0873. The van der Waals surface area contributed by atoms with E-state index < -0.39 is 5.97 Å². The van der Waals surface area contributed by atoms with Crippen LogP contribution in [0.2, 0.25) is 0 Å². The lowest BCUT2D eigenvalue weighted by atomic mass is 10.2. The van der Waals surface area contributed by atoms with Crippen LogP contribution in [0.3, 0.4) is 0 Å². The van der Waals surface area contributed by atoms with E-state index in [0.29, 0.717) is 6.42 Å². The first-order valence-corrected chi connectivity index (χ1v) is 6.12. The lowest BCUT2D eigenvalue weighted by Crippen LogP contribution is -2.23. The molecule has 0 radical (unpaired) electrons. The van der Waals surface area contributed by atoms with Crippen molar-refractivity contribution in [3.8, 4) is 5.75 Å². The summed E-state index contributed by atoms with van der Waals surface area (Å²) < 4.78 is 10.7. The molecule has 1 aromatic rings. The number of hydrogen-bond acceptors (Lipinski definition) is 3. The molecule has 0 N–H and O–H groups in total. The van der Waals surface area contributed by atoms with Gasteiger partial charge < -0.3 is 15.0 Å². The fraction of sp³-hybridized carbons (Fsp3) is 0.429. The standard InChI is InChI=1S/C14H18N2O3/c1-10-5-4-6-13(7-10)18-11(2)8-12(3)19-14(17)9-16-15/h4-7,9,11-12H,8H2,1-3H3/t11-,12-/m0/s1. The molecule has 5 heteroatoms. The maximum Gasteiger partial charge on any atom is 0.413 e. The molecule has 0 heterocycles. The van der Waals surface area contributed by atoms with Crippen LogP contribution in [0, 0.1) is 6.92 Å². The van der Waals surface area contributed by atoms with E-state index in [-0.39, 0.29) is 12.2 Å². The van der Waals surface area contributed by atoms with Gasteiger partial charge in [0, 0.05) is 6.42 Å². The summed E-state index contributed by atoms with van der Waals surface area (Å²) in [5.41, 5.74) is 9.32. The van der Waals surface area contributed by atoms with Crippen LogP contribution in [0.15, 0.2) is 24.3 Å². The molecule has 0 aliphatic heterocycles. The summed E-state index contributed by atoms with van der Waals surface area (Å²) in [6.45, 7) is 5.67. The summed E-state index contributed by atoms with van der Waals surface area (Å²) in [6, 6.07) is 7.76. The van der Waals surface area contributed by atoms with Crippen LogP contribution in [0.25, 0.3) is 5.53 Å². The SMILES string of the molecule is Cc1cccc(O[C@@H](C)C[C@H](C)OC(=O)C=[N+]=[N-])c1. The van der Waals surface area contributed by atoms with Gasteiger partial charge in [0.05, 0.1) is 6.10 Å². The molecule has 1 rings (SSSR count). The van der Waals surface area contributed by atoms with Crippen LogP contribution in [-0.4, -0.2) is 29.2 Å². The summed E-state index contributed by atoms with van der Waals surface area (Å²) in [4.78, 5) is 13.7. The minimum Gasteiger partial charge on any atom is -0.491 e. The zero-order chi connectivity index (χ0) is 14.3. The average molecular weight is 262 g/mol. The topological polar surface area (TPSA) is 71.9 Å². The highest BCUT2D eigenvalue weighted by atomic mass is 16.5. The Hall–Kier alpha value is -2.13. The van der Waals surface area contributed by atoms with Crippen molar-refractivity contribution in [1.82, 2.24) is 0 Å². The maximum atomic E-state index is 11.1. The van der Waals surface area contributed by atoms with Gasteiger partial charge >= 0.3 is 12.2 Å². The molecular weight excluding hydrogens is 244 g/mol. The second-order valence-electron chi connectivity index (χ2n) is 4.47. The van der Waals surface area contributed by atoms with Crippen molar-refractivity contribution in [2.75, 3.05) is 0 Å². The quantitative estimate of drug-likeness (QED) is 0.342. The number of carbonyl (C=O) groups excluding carboxylic acids is 1. The highest BCUT2D eigenvalue weighted by Gasteiger charge is 2.15. The average Bonchev–Trinajstić information content (AvgIpc) is 2.28. The van der Waals surface area contributed by atoms with Crippen LogP contribution in [0.4, 0.5) is 0 Å². The van der Waals surface area contributed by atoms with Gasteiger partial charge in [-0.05, 0) is 38.5 Å². The summed E-state index contributed by atoms with van der Waals surface area (Å²) in [5, 5.41) is 0. The molecule has 5 nitrogen and oxygen atoms in total. The highest BCUT2D eigenvalue weighted by molar-refractivity contribution is 6.20. The van der Waals surface area contributed by atoms with Gasteiger partial charge in [-0.1, -0.05) is 12.1 Å². The van der Waals surface area contributed by atoms with Crippen molar-refractivity contribution < 1.29 is 19.1 Å². The number of esters is 1. The lowest BCUT2D eigenvalue weighted by Gasteiger charge is -2.18. The van der Waals surface area contributed by atoms with Gasteiger partial charge in [0.2, 0.25) is 0 Å². The third kappa shape index (κ3) is 5.84. The number of rotatable bonds is 6. The van der Waals surface area contributed by atoms with Gasteiger partial charge in [-0.2, -0.15) is 4.79 Å². The van der Waals surface area contributed by atoms with E-state index in [1.807, 2.05) is 38.1 Å². The molecule has 1 aromatic carbocycles. The normalized spacial score (nSPS) is 13.0. The van der Waals surface area contributed by atoms with Crippen LogP contribution in [0.1, 0.15) is 25.8 Å². The third-order valence-corrected chi connectivity index (χ3v) is 2.47. The molecule has 0 aliphatic rings. The third-order valence-electron chi connectivity index (χ3n) is 2.47. The molecule has 0 unspecified atom stereocenters. The monoisotopic (exact) mass is 262 g/mol. The molecule has 0 saturated heterocycles. The van der Waals surface area contributed by atoms with Crippen LogP contribution < -0.4 is 4.74 Å². The number of aryl methyl sites for hydroxylation is 1. The Balaban J connectivity index is 2.44. The Morgan fingerprint density at radius 2 is 2.16 bits per heavy atom. The fourth-order valence-corrected chi connectivity index (χ4v) is 1.76. The zero-order valence-electron chi connectivity index (χ0n) is 11.4. The number of benzene rings is 1. The number of nitrogens with zero attached hydrogens (tertiary/aromatic N) is 2. The minimum atomic E-state index is -0.669. The van der Waals surface area contributed by atoms with Crippen molar-refractivity contribution in [2.24, 2.45) is 0 Å². The molecule has 0 fully saturated rings. The number of hydrogen-bond donors (Lipinski definition) is 0. The zero-order valence-corrected chi connectivity index (χ0v) is 11.4. The predicted octanol–water partition coefficient (Wildman–Crippen LogP) is 2.38. The molecule has 0 aromatic heterocycles. The number of ether oxygens (including phenoxy) is 2. The molecule has 0 bridgehead atoms. The molecule has 0 amide bonds. The van der Waals surface area contributed by atoms with Gasteiger partial charge in [-0.25, -0.2) is 4.79 Å². The molecule has 2 atom stereocenters. The van der Waals surface area contributed by atoms with Gasteiger partial charge in [-0.15, -0.1) is 0 Å². The Labute approximate surface area is 112 Å². The van der Waals surface area contributed by atoms with Crippen LogP contribution in [-0.2, 0) is 9.53 Å². The van der Waals surface area contributed by atoms with E-state index in [0.717, 1.165) is 17.5 Å². The van der Waals surface area contributed by atoms with Crippen molar-refractivity contribution in [3.63, 3.8) is 0 Å².